The van der Waals surface area contributed by atoms with Crippen LogP contribution in [0.1, 0.15) is 17.3 Å². The topological polar surface area (TPSA) is 37.3 Å². The monoisotopic (exact) mass is 226 g/mol. The Bertz CT molecular complexity index is 294. The van der Waals surface area contributed by atoms with Crippen molar-refractivity contribution in [2.24, 2.45) is 0 Å². The third kappa shape index (κ3) is 1.80. The van der Waals surface area contributed by atoms with Gasteiger partial charge in [0.05, 0.1) is 5.56 Å². The van der Waals surface area contributed by atoms with Gasteiger partial charge in [-0.25, -0.2) is 0 Å². The van der Waals surface area contributed by atoms with Crippen LogP contribution < -0.4 is 0 Å². The number of carbonyl (C=O) groups is 1. The van der Waals surface area contributed by atoms with Crippen molar-refractivity contribution in [3.63, 3.8) is 0 Å². The maximum Gasteiger partial charge on any atom is 0.163 e. The van der Waals surface area contributed by atoms with Gasteiger partial charge >= 0.3 is 0 Å². The van der Waals surface area contributed by atoms with Gasteiger partial charge in [0.15, 0.2) is 5.78 Å². The fourth-order valence-corrected chi connectivity index (χ4v) is 1.15. The van der Waals surface area contributed by atoms with Gasteiger partial charge in [0, 0.05) is 4.47 Å². The van der Waals surface area contributed by atoms with Crippen LogP contribution in [0.4, 0.5) is 0 Å². The molecule has 0 atom stereocenters. The largest absolute Gasteiger partial charge is 0.507 e. The van der Waals surface area contributed by atoms with E-state index in [1.807, 2.05) is 0 Å². The molecule has 0 bridgehead atoms. The van der Waals surface area contributed by atoms with Crippen molar-refractivity contribution in [2.45, 2.75) is 6.92 Å². The third-order valence-corrected chi connectivity index (χ3v) is 1.83. The molecule has 0 saturated carbocycles. The normalized spacial score (nSPS) is 9.64. The first-order valence-electron chi connectivity index (χ1n) is 3.10. The van der Waals surface area contributed by atoms with E-state index in [1.165, 1.54) is 13.0 Å². The smallest absolute Gasteiger partial charge is 0.163 e. The lowest BCUT2D eigenvalue weighted by atomic mass is 10.8. The Morgan fingerprint density at radius 2 is 2.18 bits per heavy atom. The Morgan fingerprint density at radius 1 is 1.55 bits per heavy atom. The second-order valence-electron chi connectivity index (χ2n) is 2.22. The lowest BCUT2D eigenvalue weighted by molar-refractivity contribution is 0.101. The fraction of sp³-hybridized carbons (Fsp3) is 0.125. The van der Waals surface area contributed by atoms with Gasteiger partial charge in [-0.3, -0.25) is 4.79 Å². The van der Waals surface area contributed by atoms with Crippen LogP contribution in [0.3, 0.4) is 0 Å². The lowest BCUT2D eigenvalue weighted by Gasteiger charge is -1.99. The molecule has 1 rings (SSSR count). The first kappa shape index (κ1) is 8.27. The van der Waals surface area contributed by atoms with Crippen molar-refractivity contribution in [1.82, 2.24) is 0 Å². The van der Waals surface area contributed by atoms with Gasteiger partial charge in [0.25, 0.3) is 0 Å². The number of halogens is 1. The van der Waals surface area contributed by atoms with Crippen molar-refractivity contribution in [1.29, 1.82) is 0 Å². The van der Waals surface area contributed by atoms with Crippen molar-refractivity contribution < 1.29 is 9.90 Å². The molecule has 11 heavy (non-hydrogen) atoms. The zero-order chi connectivity index (χ0) is 8.43. The summed E-state index contributed by atoms with van der Waals surface area (Å²) in [5.74, 6) is -0.107. The van der Waals surface area contributed by atoms with Crippen molar-refractivity contribution in [2.75, 3.05) is 0 Å². The predicted molar refractivity (Wildman–Crippen MR) is 45.8 cm³/mol. The molecule has 0 aliphatic heterocycles. The number of benzene rings is 1. The van der Waals surface area contributed by atoms with Gasteiger partial charge in [0.1, 0.15) is 5.75 Å². The summed E-state index contributed by atoms with van der Waals surface area (Å²) in [6.45, 7) is 1.42. The second kappa shape index (κ2) is 3.05. The molecule has 0 aliphatic rings. The van der Waals surface area contributed by atoms with E-state index in [-0.39, 0.29) is 11.5 Å². The van der Waals surface area contributed by atoms with E-state index in [1.54, 1.807) is 12.1 Å². The molecule has 1 N–H and O–H groups in total. The van der Waals surface area contributed by atoms with E-state index in [0.717, 1.165) is 4.47 Å². The van der Waals surface area contributed by atoms with E-state index >= 15 is 0 Å². The highest BCUT2D eigenvalue weighted by Gasteiger charge is 2.05. The minimum atomic E-state index is -0.135. The number of ketones is 1. The number of hydrogen-bond donors (Lipinski definition) is 1. The Balaban J connectivity index is 3.23. The van der Waals surface area contributed by atoms with Crippen LogP contribution in [-0.2, 0) is 0 Å². The lowest BCUT2D eigenvalue weighted by Crippen LogP contribution is -1.91. The molecule has 0 aromatic heterocycles. The molecule has 2 nitrogen and oxygen atoms in total. The highest BCUT2D eigenvalue weighted by Crippen LogP contribution is 2.21. The number of aromatic hydroxyl groups is 1. The van der Waals surface area contributed by atoms with Gasteiger partial charge in [-0.2, -0.15) is 0 Å². The predicted octanol–water partition coefficient (Wildman–Crippen LogP) is 2.36. The van der Waals surface area contributed by atoms with Crippen LogP contribution in [0, 0.1) is 0 Å². The molecule has 3 heteroatoms. The highest BCUT2D eigenvalue weighted by atomic mass is 79.9. The molecule has 0 aliphatic carbocycles. The van der Waals surface area contributed by atoms with Gasteiger partial charge in [-0.05, 0) is 25.1 Å². The summed E-state index contributed by atoms with van der Waals surface area (Å²) in [6, 6.07) is 4.76. The van der Waals surface area contributed by atoms with Crippen LogP contribution in [0.15, 0.2) is 22.7 Å². The SMILES string of the molecule is CC(=O)[14c]1[14cH][14c](Br)[14cH][14cH][14c]1O. The number of phenolic OH excluding ortho intramolecular Hbond substituents is 1. The molecule has 58 valence electrons. The Labute approximate surface area is 73.0 Å². The van der Waals surface area contributed by atoms with E-state index in [9.17, 15) is 4.79 Å². The second-order valence-corrected chi connectivity index (χ2v) is 3.13. The molecule has 0 saturated heterocycles. The van der Waals surface area contributed by atoms with E-state index < -0.39 is 0 Å². The fourth-order valence-electron chi connectivity index (χ4n) is 0.790. The summed E-state index contributed by atoms with van der Waals surface area (Å²) in [4.78, 5) is 10.8. The molecule has 0 heterocycles. The number of carbonyl (C=O) groups excluding carboxylic acids is 1. The molecular formula is C8H7BrO2. The summed E-state index contributed by atoms with van der Waals surface area (Å²) in [7, 11) is 0. The van der Waals surface area contributed by atoms with E-state index in [2.05, 4.69) is 15.9 Å². The number of phenols is 1. The minimum absolute atomic E-state index is 0.0284. The summed E-state index contributed by atoms with van der Waals surface area (Å²) in [6.07, 6.45) is 0. The van der Waals surface area contributed by atoms with Crippen LogP contribution in [-0.4, -0.2) is 10.9 Å². The van der Waals surface area contributed by atoms with Gasteiger partial charge in [0.2, 0.25) is 0 Å². The molecule has 0 unspecified atom stereocenters. The maximum atomic E-state index is 10.8. The molecule has 0 spiro atoms. The molecule has 0 radical (unpaired) electrons. The van der Waals surface area contributed by atoms with Crippen LogP contribution in [0.5, 0.6) is 5.75 Å². The summed E-state index contributed by atoms with van der Waals surface area (Å²) in [5, 5.41) is 9.16. The molecule has 0 fully saturated rings. The highest BCUT2D eigenvalue weighted by molar-refractivity contribution is 9.10. The van der Waals surface area contributed by atoms with E-state index in [4.69, 9.17) is 5.11 Å². The number of rotatable bonds is 1. The van der Waals surface area contributed by atoms with E-state index in [0.29, 0.717) is 5.56 Å². The summed E-state index contributed by atoms with van der Waals surface area (Å²) in [5.41, 5.74) is 0.347. The average Bonchev–Trinajstić information content (AvgIpc) is 1.94. The zero-order valence-electron chi connectivity index (χ0n) is 5.97. The van der Waals surface area contributed by atoms with Crippen molar-refractivity contribution >= 4 is 21.7 Å². The summed E-state index contributed by atoms with van der Waals surface area (Å²) < 4.78 is 0.792. The quantitative estimate of drug-likeness (QED) is 0.747. The Kier molecular flexibility index (Phi) is 2.29. The first-order chi connectivity index (χ1) is 5.11. The first-order valence-corrected chi connectivity index (χ1v) is 3.90. The van der Waals surface area contributed by atoms with Crippen LogP contribution >= 0.6 is 15.9 Å². The number of hydrogen-bond acceptors (Lipinski definition) is 2. The summed E-state index contributed by atoms with van der Waals surface area (Å²) >= 11 is 3.20. The van der Waals surface area contributed by atoms with Crippen molar-refractivity contribution in [3.05, 3.63) is 28.2 Å². The van der Waals surface area contributed by atoms with Gasteiger partial charge in [-0.1, -0.05) is 15.9 Å². The van der Waals surface area contributed by atoms with Gasteiger partial charge < -0.3 is 5.11 Å². The van der Waals surface area contributed by atoms with Crippen LogP contribution in [0.2, 0.25) is 0 Å². The average molecular weight is 227 g/mol. The van der Waals surface area contributed by atoms with Crippen molar-refractivity contribution in [3.8, 4) is 5.75 Å². The van der Waals surface area contributed by atoms with Gasteiger partial charge in [-0.15, -0.1) is 0 Å². The van der Waals surface area contributed by atoms with Crippen LogP contribution in [0.25, 0.3) is 0 Å². The molecular weight excluding hydrogens is 220 g/mol. The Morgan fingerprint density at radius 3 is 2.64 bits per heavy atom. The molecule has 1 aromatic carbocycles. The standard InChI is InChI=1S/C8H7BrO2/c1-5(10)7-4-6(9)2-3-8(7)11/h2-4,11H,1H3/i2+2,3+2,4+2,6+2,7+2,8+2. The Hall–Kier alpha value is -0.830. The molecule has 0 amide bonds. The zero-order valence-corrected chi connectivity index (χ0v) is 7.55. The number of Topliss-reactive ketones (excluding diaryl/α,β-unsaturated/α-hetero) is 1. The maximum absolute atomic E-state index is 10.8. The molecule has 1 aromatic rings. The third-order valence-electron chi connectivity index (χ3n) is 1.34. The minimum Gasteiger partial charge on any atom is -0.507 e.